The van der Waals surface area contributed by atoms with Crippen molar-refractivity contribution in [3.05, 3.63) is 30.3 Å². The zero-order valence-electron chi connectivity index (χ0n) is 12.7. The van der Waals surface area contributed by atoms with Crippen LogP contribution in [-0.4, -0.2) is 48.9 Å². The summed E-state index contributed by atoms with van der Waals surface area (Å²) in [4.78, 5) is 27.8. The fourth-order valence-corrected chi connectivity index (χ4v) is 2.34. The van der Waals surface area contributed by atoms with Gasteiger partial charge < -0.3 is 15.1 Å². The van der Waals surface area contributed by atoms with Crippen molar-refractivity contribution in [2.45, 2.75) is 26.3 Å². The molecule has 1 atom stereocenters. The summed E-state index contributed by atoms with van der Waals surface area (Å²) in [5.41, 5.74) is 1.16. The van der Waals surface area contributed by atoms with Gasteiger partial charge in [0, 0.05) is 37.9 Å². The van der Waals surface area contributed by atoms with Gasteiger partial charge in [0.15, 0.2) is 0 Å². The minimum atomic E-state index is -0.488. The Morgan fingerprint density at radius 2 is 1.76 bits per heavy atom. The third-order valence-electron chi connectivity index (χ3n) is 3.87. The topological polar surface area (TPSA) is 52.7 Å². The van der Waals surface area contributed by atoms with Gasteiger partial charge in [0.1, 0.15) is 0 Å². The van der Waals surface area contributed by atoms with Crippen LogP contribution >= 0.6 is 0 Å². The van der Waals surface area contributed by atoms with Gasteiger partial charge >= 0.3 is 11.8 Å². The van der Waals surface area contributed by atoms with E-state index in [1.165, 1.54) is 0 Å². The lowest BCUT2D eigenvalue weighted by molar-refractivity contribution is -0.146. The van der Waals surface area contributed by atoms with Crippen LogP contribution in [0.15, 0.2) is 30.3 Å². The maximum absolute atomic E-state index is 12.1. The van der Waals surface area contributed by atoms with Gasteiger partial charge in [-0.15, -0.1) is 0 Å². The van der Waals surface area contributed by atoms with Crippen molar-refractivity contribution in [3.8, 4) is 0 Å². The van der Waals surface area contributed by atoms with Crippen molar-refractivity contribution >= 4 is 17.5 Å². The molecule has 1 unspecified atom stereocenters. The highest BCUT2D eigenvalue weighted by molar-refractivity contribution is 6.35. The van der Waals surface area contributed by atoms with Gasteiger partial charge in [0.2, 0.25) is 0 Å². The largest absolute Gasteiger partial charge is 0.368 e. The SMILES string of the molecule is CCC(C)NC(=O)C(=O)N1CCN(c2ccccc2)CC1. The minimum absolute atomic E-state index is 0.0343. The number of carbonyl (C=O) groups is 2. The van der Waals surface area contributed by atoms with Gasteiger partial charge in [-0.2, -0.15) is 0 Å². The standard InChI is InChI=1S/C16H23N3O2/c1-3-13(2)17-15(20)16(21)19-11-9-18(10-12-19)14-7-5-4-6-8-14/h4-8,13H,3,9-12H2,1-2H3,(H,17,20). The average molecular weight is 289 g/mol. The number of carbonyl (C=O) groups excluding carboxylic acids is 2. The molecule has 5 nitrogen and oxygen atoms in total. The molecule has 2 amide bonds. The molecule has 0 radical (unpaired) electrons. The van der Waals surface area contributed by atoms with Crippen molar-refractivity contribution in [1.29, 1.82) is 0 Å². The van der Waals surface area contributed by atoms with E-state index >= 15 is 0 Å². The molecule has 0 aromatic heterocycles. The zero-order chi connectivity index (χ0) is 15.2. The molecular formula is C16H23N3O2. The van der Waals surface area contributed by atoms with Crippen LogP contribution in [0.5, 0.6) is 0 Å². The lowest BCUT2D eigenvalue weighted by Crippen LogP contribution is -2.53. The Balaban J connectivity index is 1.86. The molecule has 1 saturated heterocycles. The summed E-state index contributed by atoms with van der Waals surface area (Å²) < 4.78 is 0. The molecule has 0 bridgehead atoms. The van der Waals surface area contributed by atoms with Crippen LogP contribution in [0.4, 0.5) is 5.69 Å². The number of amides is 2. The molecule has 1 aromatic rings. The van der Waals surface area contributed by atoms with Crippen molar-refractivity contribution in [2.75, 3.05) is 31.1 Å². The highest BCUT2D eigenvalue weighted by Gasteiger charge is 2.26. The Hall–Kier alpha value is -2.04. The average Bonchev–Trinajstić information content (AvgIpc) is 2.55. The maximum atomic E-state index is 12.1. The number of para-hydroxylation sites is 1. The first-order chi connectivity index (χ1) is 10.1. The second-order valence-corrected chi connectivity index (χ2v) is 5.40. The molecule has 1 aliphatic rings. The third kappa shape index (κ3) is 3.97. The van der Waals surface area contributed by atoms with Crippen LogP contribution in [0.2, 0.25) is 0 Å². The van der Waals surface area contributed by atoms with E-state index in [2.05, 4.69) is 22.3 Å². The van der Waals surface area contributed by atoms with Crippen LogP contribution in [0.1, 0.15) is 20.3 Å². The first-order valence-corrected chi connectivity index (χ1v) is 7.51. The summed E-state index contributed by atoms with van der Waals surface area (Å²) in [6, 6.07) is 10.2. The Morgan fingerprint density at radius 3 is 2.33 bits per heavy atom. The van der Waals surface area contributed by atoms with Crippen molar-refractivity contribution in [3.63, 3.8) is 0 Å². The summed E-state index contributed by atoms with van der Waals surface area (Å²) in [6.45, 7) is 6.56. The Morgan fingerprint density at radius 1 is 1.14 bits per heavy atom. The molecular weight excluding hydrogens is 266 g/mol. The number of nitrogens with zero attached hydrogens (tertiary/aromatic N) is 2. The Labute approximate surface area is 125 Å². The third-order valence-corrected chi connectivity index (χ3v) is 3.87. The van der Waals surface area contributed by atoms with E-state index in [1.807, 2.05) is 32.0 Å². The summed E-state index contributed by atoms with van der Waals surface area (Å²) in [6.07, 6.45) is 0.820. The molecule has 1 heterocycles. The second-order valence-electron chi connectivity index (χ2n) is 5.40. The highest BCUT2D eigenvalue weighted by Crippen LogP contribution is 2.15. The fraction of sp³-hybridized carbons (Fsp3) is 0.500. The number of piperazine rings is 1. The van der Waals surface area contributed by atoms with Gasteiger partial charge in [0.05, 0.1) is 0 Å². The predicted octanol–water partition coefficient (Wildman–Crippen LogP) is 1.25. The first-order valence-electron chi connectivity index (χ1n) is 7.51. The molecule has 0 aliphatic carbocycles. The second kappa shape index (κ2) is 7.11. The molecule has 5 heteroatoms. The van der Waals surface area contributed by atoms with E-state index in [-0.39, 0.29) is 6.04 Å². The molecule has 1 N–H and O–H groups in total. The van der Waals surface area contributed by atoms with Crippen LogP contribution in [0.3, 0.4) is 0 Å². The summed E-state index contributed by atoms with van der Waals surface area (Å²) in [5, 5.41) is 2.73. The van der Waals surface area contributed by atoms with Crippen LogP contribution in [-0.2, 0) is 9.59 Å². The zero-order valence-corrected chi connectivity index (χ0v) is 12.7. The van der Waals surface area contributed by atoms with Crippen molar-refractivity contribution in [2.24, 2.45) is 0 Å². The normalized spacial score (nSPS) is 16.5. The van der Waals surface area contributed by atoms with Gasteiger partial charge in [-0.25, -0.2) is 0 Å². The summed E-state index contributed by atoms with van der Waals surface area (Å²) >= 11 is 0. The van der Waals surface area contributed by atoms with Gasteiger partial charge in [-0.3, -0.25) is 9.59 Å². The summed E-state index contributed by atoms with van der Waals surface area (Å²) in [7, 11) is 0. The van der Waals surface area contributed by atoms with Gasteiger partial charge in [0.25, 0.3) is 0 Å². The molecule has 1 aromatic carbocycles. The number of nitrogens with one attached hydrogen (secondary N) is 1. The molecule has 1 fully saturated rings. The first kappa shape index (κ1) is 15.4. The van der Waals surface area contributed by atoms with E-state index in [9.17, 15) is 9.59 Å². The van der Waals surface area contributed by atoms with Gasteiger partial charge in [-0.1, -0.05) is 25.1 Å². The van der Waals surface area contributed by atoms with E-state index in [4.69, 9.17) is 0 Å². The van der Waals surface area contributed by atoms with E-state index < -0.39 is 11.8 Å². The van der Waals surface area contributed by atoms with Gasteiger partial charge in [-0.05, 0) is 25.5 Å². The van der Waals surface area contributed by atoms with Crippen LogP contribution in [0.25, 0.3) is 0 Å². The molecule has 114 valence electrons. The molecule has 0 saturated carbocycles. The van der Waals surface area contributed by atoms with Crippen molar-refractivity contribution in [1.82, 2.24) is 10.2 Å². The van der Waals surface area contributed by atoms with Crippen LogP contribution < -0.4 is 10.2 Å². The Bertz CT molecular complexity index is 482. The lowest BCUT2D eigenvalue weighted by atomic mass is 10.2. The van der Waals surface area contributed by atoms with E-state index in [1.54, 1.807) is 4.90 Å². The molecule has 21 heavy (non-hydrogen) atoms. The van der Waals surface area contributed by atoms with Crippen LogP contribution in [0, 0.1) is 0 Å². The highest BCUT2D eigenvalue weighted by atomic mass is 16.2. The Kier molecular flexibility index (Phi) is 5.20. The number of hydrogen-bond donors (Lipinski definition) is 1. The molecule has 0 spiro atoms. The monoisotopic (exact) mass is 289 g/mol. The fourth-order valence-electron chi connectivity index (χ4n) is 2.34. The van der Waals surface area contributed by atoms with E-state index in [0.717, 1.165) is 25.2 Å². The van der Waals surface area contributed by atoms with E-state index in [0.29, 0.717) is 13.1 Å². The predicted molar refractivity (Wildman–Crippen MR) is 83.1 cm³/mol. The smallest absolute Gasteiger partial charge is 0.312 e. The number of rotatable bonds is 3. The quantitative estimate of drug-likeness (QED) is 0.852. The lowest BCUT2D eigenvalue weighted by Gasteiger charge is -2.35. The maximum Gasteiger partial charge on any atom is 0.312 e. The number of benzene rings is 1. The van der Waals surface area contributed by atoms with Crippen molar-refractivity contribution < 1.29 is 9.59 Å². The minimum Gasteiger partial charge on any atom is -0.368 e. The number of anilines is 1. The molecule has 2 rings (SSSR count). The molecule has 1 aliphatic heterocycles. The number of hydrogen-bond acceptors (Lipinski definition) is 3. The summed E-state index contributed by atoms with van der Waals surface area (Å²) in [5.74, 6) is -0.902.